The Morgan fingerprint density at radius 1 is 1.00 bits per heavy atom. The van der Waals surface area contributed by atoms with Crippen molar-refractivity contribution in [2.75, 3.05) is 11.9 Å². The quantitative estimate of drug-likeness (QED) is 0.148. The Balaban J connectivity index is 1.74. The minimum Gasteiger partial charge on any atom is -0.344 e. The van der Waals surface area contributed by atoms with Crippen LogP contribution in [0.1, 0.15) is 37.7 Å². The topological polar surface area (TPSA) is 186 Å². The molecule has 202 valence electrons. The van der Waals surface area contributed by atoms with Gasteiger partial charge in [-0.2, -0.15) is 0 Å². The summed E-state index contributed by atoms with van der Waals surface area (Å²) in [5.41, 5.74) is 6.62. The first-order valence-electron chi connectivity index (χ1n) is 12.5. The van der Waals surface area contributed by atoms with Crippen molar-refractivity contribution in [3.8, 4) is 0 Å². The van der Waals surface area contributed by atoms with Crippen LogP contribution < -0.4 is 27.0 Å². The second-order valence-corrected chi connectivity index (χ2v) is 9.05. The maximum absolute atomic E-state index is 13.4. The van der Waals surface area contributed by atoms with Crippen LogP contribution in [0.25, 0.3) is 0 Å². The molecule has 2 aromatic rings. The van der Waals surface area contributed by atoms with E-state index in [2.05, 4.69) is 21.3 Å². The summed E-state index contributed by atoms with van der Waals surface area (Å²) in [6, 6.07) is 11.8. The number of hydrogen-bond acceptors (Lipinski definition) is 7. The predicted octanol–water partition coefficient (Wildman–Crippen LogP) is 1.15. The molecule has 0 aliphatic carbocycles. The van der Waals surface area contributed by atoms with Crippen molar-refractivity contribution in [3.05, 3.63) is 70.3 Å². The molecule has 6 N–H and O–H groups in total. The van der Waals surface area contributed by atoms with Gasteiger partial charge in [-0.25, -0.2) is 0 Å². The van der Waals surface area contributed by atoms with Crippen LogP contribution in [-0.2, 0) is 25.6 Å². The molecule has 1 saturated heterocycles. The number of hydrogen-bond donors (Lipinski definition) is 5. The van der Waals surface area contributed by atoms with Crippen LogP contribution in [0, 0.1) is 10.1 Å². The number of carbonyl (C=O) groups excluding carboxylic acids is 4. The first-order chi connectivity index (χ1) is 18.3. The number of nitrogens with one attached hydrogen (secondary N) is 4. The highest BCUT2D eigenvalue weighted by molar-refractivity contribution is 5.99. The average Bonchev–Trinajstić information content (AvgIpc) is 3.35. The largest absolute Gasteiger partial charge is 0.344 e. The summed E-state index contributed by atoms with van der Waals surface area (Å²) in [5.74, 6) is -1.75. The lowest BCUT2D eigenvalue weighted by Crippen LogP contribution is -2.55. The summed E-state index contributed by atoms with van der Waals surface area (Å²) in [6.07, 6.45) is 2.26. The molecule has 3 atom stereocenters. The molecule has 0 unspecified atom stereocenters. The number of carbonyl (C=O) groups is 4. The zero-order chi connectivity index (χ0) is 27.5. The number of rotatable bonds is 13. The van der Waals surface area contributed by atoms with Crippen molar-refractivity contribution < 1.29 is 24.1 Å². The summed E-state index contributed by atoms with van der Waals surface area (Å²) in [6.45, 7) is 0.421. The lowest BCUT2D eigenvalue weighted by molar-refractivity contribution is -0.384. The fourth-order valence-electron chi connectivity index (χ4n) is 4.07. The fraction of sp³-hybridized carbons (Fsp3) is 0.385. The predicted molar refractivity (Wildman–Crippen MR) is 140 cm³/mol. The van der Waals surface area contributed by atoms with Crippen molar-refractivity contribution >= 4 is 35.0 Å². The Labute approximate surface area is 219 Å². The monoisotopic (exact) mass is 524 g/mol. The Morgan fingerprint density at radius 3 is 2.32 bits per heavy atom. The fourth-order valence-corrected chi connectivity index (χ4v) is 4.07. The minimum atomic E-state index is -0.994. The molecule has 12 nitrogen and oxygen atoms in total. The van der Waals surface area contributed by atoms with Crippen molar-refractivity contribution in [1.29, 1.82) is 0 Å². The zero-order valence-corrected chi connectivity index (χ0v) is 20.9. The molecule has 0 saturated carbocycles. The third kappa shape index (κ3) is 8.37. The van der Waals surface area contributed by atoms with Crippen LogP contribution in [0.3, 0.4) is 0 Å². The highest BCUT2D eigenvalue weighted by Gasteiger charge is 2.32. The summed E-state index contributed by atoms with van der Waals surface area (Å²) in [7, 11) is 0. The molecule has 1 aliphatic heterocycles. The van der Waals surface area contributed by atoms with Gasteiger partial charge in [-0.05, 0) is 49.9 Å². The minimum absolute atomic E-state index is 0.117. The van der Waals surface area contributed by atoms with E-state index in [0.717, 1.165) is 5.56 Å². The van der Waals surface area contributed by atoms with Crippen LogP contribution in [0.2, 0.25) is 0 Å². The van der Waals surface area contributed by atoms with Gasteiger partial charge in [0.25, 0.3) is 5.69 Å². The Kier molecular flexibility index (Phi) is 10.3. The van der Waals surface area contributed by atoms with E-state index >= 15 is 0 Å². The molecule has 3 rings (SSSR count). The van der Waals surface area contributed by atoms with Crippen LogP contribution in [0.15, 0.2) is 54.6 Å². The van der Waals surface area contributed by atoms with Gasteiger partial charge in [-0.1, -0.05) is 30.3 Å². The molecular weight excluding hydrogens is 492 g/mol. The van der Waals surface area contributed by atoms with E-state index in [4.69, 9.17) is 5.73 Å². The molecule has 0 bridgehead atoms. The summed E-state index contributed by atoms with van der Waals surface area (Å²) in [5, 5.41) is 21.6. The van der Waals surface area contributed by atoms with Gasteiger partial charge >= 0.3 is 0 Å². The number of nitrogens with zero attached hydrogens (tertiary/aromatic N) is 1. The van der Waals surface area contributed by atoms with Gasteiger partial charge in [0.2, 0.25) is 23.6 Å². The molecule has 1 heterocycles. The molecule has 4 amide bonds. The normalized spacial score (nSPS) is 16.1. The van der Waals surface area contributed by atoms with E-state index in [9.17, 15) is 29.3 Å². The molecule has 1 aliphatic rings. The van der Waals surface area contributed by atoms with Crippen molar-refractivity contribution in [2.24, 2.45) is 5.73 Å². The maximum atomic E-state index is 13.4. The van der Waals surface area contributed by atoms with E-state index in [0.29, 0.717) is 37.9 Å². The third-order valence-electron chi connectivity index (χ3n) is 6.15. The number of non-ortho nitro benzene ring substituents is 1. The molecule has 2 aromatic carbocycles. The molecule has 1 fully saturated rings. The molecule has 0 aromatic heterocycles. The number of nitro groups is 1. The van der Waals surface area contributed by atoms with Crippen molar-refractivity contribution in [1.82, 2.24) is 16.0 Å². The second kappa shape index (κ2) is 13.8. The highest BCUT2D eigenvalue weighted by Crippen LogP contribution is 2.16. The third-order valence-corrected chi connectivity index (χ3v) is 6.15. The average molecular weight is 525 g/mol. The van der Waals surface area contributed by atoms with Gasteiger partial charge in [0.05, 0.1) is 4.92 Å². The first-order valence-corrected chi connectivity index (χ1v) is 12.5. The van der Waals surface area contributed by atoms with Gasteiger partial charge < -0.3 is 27.0 Å². The van der Waals surface area contributed by atoms with Gasteiger partial charge in [0, 0.05) is 30.7 Å². The molecule has 38 heavy (non-hydrogen) atoms. The summed E-state index contributed by atoms with van der Waals surface area (Å²) in [4.78, 5) is 61.2. The van der Waals surface area contributed by atoms with Gasteiger partial charge in [0.15, 0.2) is 0 Å². The maximum Gasteiger partial charge on any atom is 0.269 e. The smallest absolute Gasteiger partial charge is 0.269 e. The SMILES string of the molecule is NCCCC[C@H](NC(=O)[C@H](Cc1ccccc1)NC(=O)[C@@H]1CCC(=O)N1)C(=O)Nc1ccc([N+](=O)[O-])cc1. The standard InChI is InChI=1S/C26H32N6O6/c27-15-5-4-8-20(24(34)28-18-9-11-19(12-10-18)32(37)38)30-26(36)22(16-17-6-2-1-3-7-17)31-25(35)21-13-14-23(33)29-21/h1-3,6-7,9-12,20-22H,4-5,8,13-16,27H2,(H,28,34)(H,29,33)(H,30,36)(H,31,35)/t20-,21-,22-/m0/s1. The van der Waals surface area contributed by atoms with Crippen LogP contribution >= 0.6 is 0 Å². The first kappa shape index (κ1) is 28.3. The molecule has 0 spiro atoms. The molecule has 0 radical (unpaired) electrons. The van der Waals surface area contributed by atoms with E-state index in [1.165, 1.54) is 24.3 Å². The van der Waals surface area contributed by atoms with Crippen LogP contribution in [0.5, 0.6) is 0 Å². The van der Waals surface area contributed by atoms with Gasteiger partial charge in [0.1, 0.15) is 18.1 Å². The highest BCUT2D eigenvalue weighted by atomic mass is 16.6. The Morgan fingerprint density at radius 2 is 1.71 bits per heavy atom. The zero-order valence-electron chi connectivity index (χ0n) is 20.9. The molecule has 12 heteroatoms. The number of amides is 4. The van der Waals surface area contributed by atoms with Crippen LogP contribution in [-0.4, -0.2) is 53.2 Å². The van der Waals surface area contributed by atoms with E-state index < -0.39 is 40.8 Å². The van der Waals surface area contributed by atoms with E-state index in [-0.39, 0.29) is 24.4 Å². The summed E-state index contributed by atoms with van der Waals surface area (Å²) >= 11 is 0. The number of nitro benzene ring substituents is 1. The Hall–Kier alpha value is -4.32. The van der Waals surface area contributed by atoms with Gasteiger partial charge in [-0.3, -0.25) is 29.3 Å². The van der Waals surface area contributed by atoms with E-state index in [1.807, 2.05) is 30.3 Å². The second-order valence-electron chi connectivity index (χ2n) is 9.05. The van der Waals surface area contributed by atoms with Crippen molar-refractivity contribution in [2.45, 2.75) is 56.7 Å². The van der Waals surface area contributed by atoms with E-state index in [1.54, 1.807) is 0 Å². The number of nitrogens with two attached hydrogens (primary N) is 1. The number of unbranched alkanes of at least 4 members (excludes halogenated alkanes) is 1. The number of benzene rings is 2. The lowest BCUT2D eigenvalue weighted by Gasteiger charge is -2.24. The van der Waals surface area contributed by atoms with Crippen LogP contribution in [0.4, 0.5) is 11.4 Å². The van der Waals surface area contributed by atoms with Crippen molar-refractivity contribution in [3.63, 3.8) is 0 Å². The Bertz CT molecular complexity index is 1140. The molecular formula is C26H32N6O6. The summed E-state index contributed by atoms with van der Waals surface area (Å²) < 4.78 is 0. The van der Waals surface area contributed by atoms with Gasteiger partial charge in [-0.15, -0.1) is 0 Å². The lowest BCUT2D eigenvalue weighted by atomic mass is 10.0. The number of anilines is 1.